The minimum atomic E-state index is -0.0594. The molecule has 4 nitrogen and oxygen atoms in total. The molecule has 0 aliphatic heterocycles. The number of thiazole rings is 1. The molecule has 1 aromatic carbocycles. The van der Waals surface area contributed by atoms with E-state index in [0.29, 0.717) is 5.88 Å². The highest BCUT2D eigenvalue weighted by Crippen LogP contribution is 2.18. The number of nitrogens with zero attached hydrogens (tertiary/aromatic N) is 1. The van der Waals surface area contributed by atoms with Crippen molar-refractivity contribution in [3.8, 4) is 5.75 Å². The van der Waals surface area contributed by atoms with Crippen molar-refractivity contribution in [3.63, 3.8) is 0 Å². The third-order valence-corrected chi connectivity index (χ3v) is 4.21. The molecule has 0 radical (unpaired) electrons. The highest BCUT2D eigenvalue weighted by Gasteiger charge is 2.12. The number of aromatic nitrogens is 1. The van der Waals surface area contributed by atoms with Crippen LogP contribution in [-0.2, 0) is 17.1 Å². The minimum Gasteiger partial charge on any atom is -0.497 e. The summed E-state index contributed by atoms with van der Waals surface area (Å²) in [5, 5.41) is 5.62. The Morgan fingerprint density at radius 2 is 2.14 bits per heavy atom. The second kappa shape index (κ2) is 7.43. The van der Waals surface area contributed by atoms with Gasteiger partial charge in [0.15, 0.2) is 0 Å². The first kappa shape index (κ1) is 15.8. The fraction of sp³-hybridized carbons (Fsp3) is 0.333. The summed E-state index contributed by atoms with van der Waals surface area (Å²) in [4.78, 5) is 16.3. The molecule has 2 aromatic rings. The maximum absolute atomic E-state index is 12.0. The number of methoxy groups -OCH3 is 1. The van der Waals surface area contributed by atoms with Crippen molar-refractivity contribution in [3.05, 3.63) is 45.9 Å². The van der Waals surface area contributed by atoms with Gasteiger partial charge in [-0.2, -0.15) is 0 Å². The maximum atomic E-state index is 12.0. The van der Waals surface area contributed by atoms with Crippen LogP contribution < -0.4 is 10.1 Å². The van der Waals surface area contributed by atoms with E-state index < -0.39 is 0 Å². The quantitative estimate of drug-likeness (QED) is 0.829. The van der Waals surface area contributed by atoms with Crippen LogP contribution in [0.1, 0.15) is 29.2 Å². The molecule has 6 heteroatoms. The molecule has 0 fully saturated rings. The van der Waals surface area contributed by atoms with Crippen LogP contribution in [0.4, 0.5) is 0 Å². The Balaban J connectivity index is 1.91. The van der Waals surface area contributed by atoms with Crippen molar-refractivity contribution >= 4 is 28.8 Å². The van der Waals surface area contributed by atoms with Gasteiger partial charge in [-0.3, -0.25) is 4.79 Å². The van der Waals surface area contributed by atoms with Crippen LogP contribution in [-0.4, -0.2) is 18.0 Å². The molecule has 0 aliphatic carbocycles. The van der Waals surface area contributed by atoms with E-state index in [0.717, 1.165) is 22.0 Å². The lowest BCUT2D eigenvalue weighted by molar-refractivity contribution is -0.121. The molecule has 21 heavy (non-hydrogen) atoms. The number of hydrogen-bond acceptors (Lipinski definition) is 4. The Labute approximate surface area is 133 Å². The van der Waals surface area contributed by atoms with Crippen LogP contribution in [0.15, 0.2) is 29.6 Å². The summed E-state index contributed by atoms with van der Waals surface area (Å²) in [5.74, 6) is 1.13. The van der Waals surface area contributed by atoms with Crippen molar-refractivity contribution in [1.82, 2.24) is 10.3 Å². The normalized spacial score (nSPS) is 12.0. The zero-order valence-corrected chi connectivity index (χ0v) is 13.5. The van der Waals surface area contributed by atoms with Crippen LogP contribution in [0, 0.1) is 0 Å². The molecule has 0 saturated carbocycles. The Morgan fingerprint density at radius 1 is 1.43 bits per heavy atom. The van der Waals surface area contributed by atoms with Crippen molar-refractivity contribution < 1.29 is 9.53 Å². The molecule has 2 rings (SSSR count). The largest absolute Gasteiger partial charge is 0.497 e. The van der Waals surface area contributed by atoms with E-state index in [1.54, 1.807) is 7.11 Å². The SMILES string of the molecule is COc1ccc(C(C)NC(=O)Cc2nc(CCl)cs2)cc1. The zero-order valence-electron chi connectivity index (χ0n) is 11.9. The average Bonchev–Trinajstić information content (AvgIpc) is 2.94. The number of amides is 1. The van der Waals surface area contributed by atoms with E-state index in [2.05, 4.69) is 10.3 Å². The summed E-state index contributed by atoms with van der Waals surface area (Å²) in [7, 11) is 1.63. The molecule has 0 spiro atoms. The molecule has 1 atom stereocenters. The molecule has 0 aliphatic rings. The first-order valence-electron chi connectivity index (χ1n) is 6.55. The highest BCUT2D eigenvalue weighted by molar-refractivity contribution is 7.09. The molecule has 1 aromatic heterocycles. The van der Waals surface area contributed by atoms with Crippen molar-refractivity contribution in [2.24, 2.45) is 0 Å². The molecule has 1 N–H and O–H groups in total. The number of hydrogen-bond donors (Lipinski definition) is 1. The zero-order chi connectivity index (χ0) is 15.2. The minimum absolute atomic E-state index is 0.0474. The van der Waals surface area contributed by atoms with E-state index >= 15 is 0 Å². The molecule has 0 bridgehead atoms. The van der Waals surface area contributed by atoms with E-state index in [9.17, 15) is 4.79 Å². The summed E-state index contributed by atoms with van der Waals surface area (Å²) in [6, 6.07) is 7.59. The predicted octanol–water partition coefficient (Wildman–Crippen LogP) is 3.31. The Kier molecular flexibility index (Phi) is 5.59. The van der Waals surface area contributed by atoms with Gasteiger partial charge in [0, 0.05) is 5.38 Å². The van der Waals surface area contributed by atoms with E-state index in [1.165, 1.54) is 11.3 Å². The first-order valence-corrected chi connectivity index (χ1v) is 7.96. The average molecular weight is 325 g/mol. The van der Waals surface area contributed by atoms with Gasteiger partial charge < -0.3 is 10.1 Å². The number of carbonyl (C=O) groups is 1. The number of ether oxygens (including phenoxy) is 1. The number of alkyl halides is 1. The van der Waals surface area contributed by atoms with E-state index in [1.807, 2.05) is 36.6 Å². The number of nitrogens with one attached hydrogen (secondary N) is 1. The number of carbonyl (C=O) groups excluding carboxylic acids is 1. The Morgan fingerprint density at radius 3 is 2.71 bits per heavy atom. The van der Waals surface area contributed by atoms with Crippen LogP contribution in [0.2, 0.25) is 0 Å². The molecular formula is C15H17ClN2O2S. The fourth-order valence-electron chi connectivity index (χ4n) is 1.90. The van der Waals surface area contributed by atoms with Gasteiger partial charge in [-0.05, 0) is 24.6 Å². The van der Waals surface area contributed by atoms with Gasteiger partial charge in [0.25, 0.3) is 0 Å². The van der Waals surface area contributed by atoms with Crippen molar-refractivity contribution in [1.29, 1.82) is 0 Å². The second-order valence-corrected chi connectivity index (χ2v) is 5.82. The van der Waals surface area contributed by atoms with Crippen molar-refractivity contribution in [2.45, 2.75) is 25.3 Å². The fourth-order valence-corrected chi connectivity index (χ4v) is 2.92. The van der Waals surface area contributed by atoms with Gasteiger partial charge >= 0.3 is 0 Å². The van der Waals surface area contributed by atoms with Crippen LogP contribution in [0.3, 0.4) is 0 Å². The highest BCUT2D eigenvalue weighted by atomic mass is 35.5. The summed E-state index contributed by atoms with van der Waals surface area (Å²) >= 11 is 7.16. The monoisotopic (exact) mass is 324 g/mol. The Bertz CT molecular complexity index is 598. The third kappa shape index (κ3) is 4.44. The van der Waals surface area contributed by atoms with E-state index in [-0.39, 0.29) is 18.4 Å². The van der Waals surface area contributed by atoms with Crippen molar-refractivity contribution in [2.75, 3.05) is 7.11 Å². The summed E-state index contributed by atoms with van der Waals surface area (Å²) in [6.45, 7) is 1.95. The molecule has 1 heterocycles. The van der Waals surface area contributed by atoms with Gasteiger partial charge in [-0.1, -0.05) is 12.1 Å². The van der Waals surface area contributed by atoms with Gasteiger partial charge in [0.1, 0.15) is 10.8 Å². The van der Waals surface area contributed by atoms with Crippen LogP contribution in [0.5, 0.6) is 5.75 Å². The second-order valence-electron chi connectivity index (χ2n) is 4.61. The standard InChI is InChI=1S/C15H17ClN2O2S/c1-10(11-3-5-13(20-2)6-4-11)17-14(19)7-15-18-12(8-16)9-21-15/h3-6,9-10H,7-8H2,1-2H3,(H,17,19). The predicted molar refractivity (Wildman–Crippen MR) is 84.9 cm³/mol. The lowest BCUT2D eigenvalue weighted by Crippen LogP contribution is -2.28. The van der Waals surface area contributed by atoms with Gasteiger partial charge in [-0.15, -0.1) is 22.9 Å². The topological polar surface area (TPSA) is 51.2 Å². The molecule has 1 amide bonds. The molecular weight excluding hydrogens is 308 g/mol. The number of benzene rings is 1. The lowest BCUT2D eigenvalue weighted by atomic mass is 10.1. The lowest BCUT2D eigenvalue weighted by Gasteiger charge is -2.14. The summed E-state index contributed by atoms with van der Waals surface area (Å²) in [6.07, 6.45) is 0.280. The third-order valence-electron chi connectivity index (χ3n) is 3.04. The molecule has 1 unspecified atom stereocenters. The summed E-state index contributed by atoms with van der Waals surface area (Å²) in [5.41, 5.74) is 1.84. The van der Waals surface area contributed by atoms with Gasteiger partial charge in [0.05, 0.1) is 31.1 Å². The van der Waals surface area contributed by atoms with Gasteiger partial charge in [-0.25, -0.2) is 4.98 Å². The maximum Gasteiger partial charge on any atom is 0.227 e. The van der Waals surface area contributed by atoms with Gasteiger partial charge in [0.2, 0.25) is 5.91 Å². The van der Waals surface area contributed by atoms with Crippen LogP contribution >= 0.6 is 22.9 Å². The first-order chi connectivity index (χ1) is 10.1. The number of halogens is 1. The smallest absolute Gasteiger partial charge is 0.227 e. The summed E-state index contributed by atoms with van der Waals surface area (Å²) < 4.78 is 5.12. The molecule has 112 valence electrons. The Hall–Kier alpha value is -1.59. The molecule has 0 saturated heterocycles. The van der Waals surface area contributed by atoms with Crippen LogP contribution in [0.25, 0.3) is 0 Å². The van der Waals surface area contributed by atoms with E-state index in [4.69, 9.17) is 16.3 Å². The number of rotatable bonds is 6.